The van der Waals surface area contributed by atoms with E-state index in [0.29, 0.717) is 31.8 Å². The third kappa shape index (κ3) is 5.11. The summed E-state index contributed by atoms with van der Waals surface area (Å²) in [6.07, 6.45) is 7.62. The lowest BCUT2D eigenvalue weighted by Crippen LogP contribution is -2.55. The minimum atomic E-state index is -0.659. The highest BCUT2D eigenvalue weighted by molar-refractivity contribution is 5.89. The van der Waals surface area contributed by atoms with E-state index in [1.165, 1.54) is 0 Å². The van der Waals surface area contributed by atoms with Crippen LogP contribution in [0.15, 0.2) is 72.8 Å². The molecular weight excluding hydrogens is 464 g/mol. The van der Waals surface area contributed by atoms with Gasteiger partial charge in [-0.15, -0.1) is 5.10 Å². The van der Waals surface area contributed by atoms with Crippen LogP contribution in [0.25, 0.3) is 11.3 Å². The van der Waals surface area contributed by atoms with Gasteiger partial charge in [0.2, 0.25) is 11.7 Å². The number of rotatable bonds is 6. The monoisotopic (exact) mass is 496 g/mol. The van der Waals surface area contributed by atoms with Crippen LogP contribution in [0, 0.1) is 12.3 Å². The van der Waals surface area contributed by atoms with Crippen molar-refractivity contribution in [3.63, 3.8) is 0 Å². The van der Waals surface area contributed by atoms with Gasteiger partial charge in [-0.25, -0.2) is 9.67 Å². The maximum absolute atomic E-state index is 14.0. The van der Waals surface area contributed by atoms with E-state index in [1.54, 1.807) is 11.6 Å². The lowest BCUT2D eigenvalue weighted by atomic mass is 9.73. The molecule has 2 aromatic carbocycles. The molecule has 1 unspecified atom stereocenters. The number of nitrogens with two attached hydrogens (primary N) is 1. The third-order valence-electron chi connectivity index (χ3n) is 7.15. The zero-order valence-corrected chi connectivity index (χ0v) is 21.2. The van der Waals surface area contributed by atoms with Crippen molar-refractivity contribution in [2.75, 3.05) is 19.6 Å². The second-order valence-corrected chi connectivity index (χ2v) is 9.93. The zero-order valence-electron chi connectivity index (χ0n) is 21.2. The van der Waals surface area contributed by atoms with Gasteiger partial charge in [-0.05, 0) is 55.5 Å². The van der Waals surface area contributed by atoms with E-state index in [1.807, 2.05) is 47.4 Å². The number of nitrogens with one attached hydrogen (secondary N) is 1. The van der Waals surface area contributed by atoms with Gasteiger partial charge in [-0.3, -0.25) is 9.59 Å². The molecule has 1 fully saturated rings. The van der Waals surface area contributed by atoms with Crippen molar-refractivity contribution in [1.82, 2.24) is 25.0 Å². The van der Waals surface area contributed by atoms with Crippen LogP contribution in [-0.4, -0.2) is 57.2 Å². The summed E-state index contributed by atoms with van der Waals surface area (Å²) in [7, 11) is 0. The first-order valence-electron chi connectivity index (χ1n) is 12.6. The van der Waals surface area contributed by atoms with Crippen LogP contribution in [0.4, 0.5) is 0 Å². The topological polar surface area (TPSA) is 106 Å². The molecule has 2 amide bonds. The predicted molar refractivity (Wildman–Crippen MR) is 143 cm³/mol. The first-order chi connectivity index (χ1) is 17.8. The first-order valence-corrected chi connectivity index (χ1v) is 12.6. The number of hydrogen-bond acceptors (Lipinski definition) is 5. The van der Waals surface area contributed by atoms with E-state index in [9.17, 15) is 9.59 Å². The van der Waals surface area contributed by atoms with Crippen LogP contribution in [0.1, 0.15) is 40.9 Å². The molecule has 1 aromatic heterocycles. The maximum Gasteiger partial charge on any atom is 0.288 e. The fourth-order valence-electron chi connectivity index (χ4n) is 5.18. The lowest BCUT2D eigenvalue weighted by Gasteiger charge is -2.40. The third-order valence-corrected chi connectivity index (χ3v) is 7.15. The van der Waals surface area contributed by atoms with Crippen molar-refractivity contribution < 1.29 is 9.59 Å². The highest BCUT2D eigenvalue weighted by Crippen LogP contribution is 2.38. The Morgan fingerprint density at radius 2 is 1.89 bits per heavy atom. The van der Waals surface area contributed by atoms with Crippen molar-refractivity contribution in [1.29, 1.82) is 0 Å². The number of amides is 2. The molecule has 0 bridgehead atoms. The van der Waals surface area contributed by atoms with Gasteiger partial charge in [-0.2, -0.15) is 0 Å². The van der Waals surface area contributed by atoms with Crippen LogP contribution in [0.5, 0.6) is 0 Å². The summed E-state index contributed by atoms with van der Waals surface area (Å²) in [6, 6.07) is 18.4. The molecular formula is C29H32N6O2. The van der Waals surface area contributed by atoms with Crippen molar-refractivity contribution in [3.05, 3.63) is 95.6 Å². The lowest BCUT2D eigenvalue weighted by molar-refractivity contribution is -0.140. The summed E-state index contributed by atoms with van der Waals surface area (Å²) in [4.78, 5) is 31.6. The highest BCUT2D eigenvalue weighted by Gasteiger charge is 2.40. The number of allylic oxidation sites excluding steroid dienone is 3. The Balaban J connectivity index is 1.42. The Bertz CT molecular complexity index is 1360. The van der Waals surface area contributed by atoms with E-state index in [4.69, 9.17) is 5.73 Å². The Morgan fingerprint density at radius 1 is 1.14 bits per heavy atom. The molecule has 2 heterocycles. The summed E-state index contributed by atoms with van der Waals surface area (Å²) < 4.78 is 1.60. The minimum Gasteiger partial charge on any atom is -0.363 e. The van der Waals surface area contributed by atoms with Crippen LogP contribution < -0.4 is 11.1 Å². The summed E-state index contributed by atoms with van der Waals surface area (Å²) in [5, 5.41) is 7.65. The Morgan fingerprint density at radius 3 is 2.51 bits per heavy atom. The van der Waals surface area contributed by atoms with Crippen LogP contribution in [0.3, 0.4) is 0 Å². The maximum atomic E-state index is 14.0. The number of benzene rings is 2. The molecule has 5 rings (SSSR count). The Labute approximate surface area is 216 Å². The molecule has 37 heavy (non-hydrogen) atoms. The molecule has 3 N–H and O–H groups in total. The van der Waals surface area contributed by atoms with Crippen molar-refractivity contribution in [2.45, 2.75) is 32.7 Å². The molecule has 0 radical (unpaired) electrons. The predicted octanol–water partition coefficient (Wildman–Crippen LogP) is 3.07. The van der Waals surface area contributed by atoms with E-state index in [-0.39, 0.29) is 17.8 Å². The molecule has 2 atom stereocenters. The van der Waals surface area contributed by atoms with Gasteiger partial charge in [0.15, 0.2) is 0 Å². The van der Waals surface area contributed by atoms with Gasteiger partial charge < -0.3 is 16.0 Å². The average Bonchev–Trinajstić information content (AvgIpc) is 3.31. The number of primary amides is 1. The number of aryl methyl sites for hydroxylation is 1. The van der Waals surface area contributed by atoms with Gasteiger partial charge in [0.05, 0.1) is 11.1 Å². The molecule has 0 spiro atoms. The van der Waals surface area contributed by atoms with Crippen molar-refractivity contribution in [3.8, 4) is 5.69 Å². The SMILES string of the molecule is Cc1nc(C(N)=O)nn1-c1ccc(C[C@@]2(C(=O)N3CCNC(C)C3)C=CC(c3ccccc3)=CC2)cc1. The number of carbonyl (C=O) groups is 2. The molecule has 1 aliphatic heterocycles. The summed E-state index contributed by atoms with van der Waals surface area (Å²) in [5.74, 6) is 0.0791. The molecule has 8 nitrogen and oxygen atoms in total. The molecule has 3 aromatic rings. The molecule has 0 saturated carbocycles. The van der Waals surface area contributed by atoms with Gasteiger partial charge in [0, 0.05) is 25.7 Å². The normalized spacial score (nSPS) is 21.5. The minimum absolute atomic E-state index is 0.00951. The fourth-order valence-corrected chi connectivity index (χ4v) is 5.18. The second kappa shape index (κ2) is 10.1. The summed E-state index contributed by atoms with van der Waals surface area (Å²) in [5.41, 5.74) is 8.80. The molecule has 190 valence electrons. The highest BCUT2D eigenvalue weighted by atomic mass is 16.2. The van der Waals surface area contributed by atoms with E-state index in [2.05, 4.69) is 52.7 Å². The molecule has 2 aliphatic rings. The van der Waals surface area contributed by atoms with Gasteiger partial charge in [0.1, 0.15) is 5.82 Å². The summed E-state index contributed by atoms with van der Waals surface area (Å²) >= 11 is 0. The van der Waals surface area contributed by atoms with Crippen LogP contribution >= 0.6 is 0 Å². The summed E-state index contributed by atoms with van der Waals surface area (Å²) in [6.45, 7) is 6.11. The largest absolute Gasteiger partial charge is 0.363 e. The van der Waals surface area contributed by atoms with Gasteiger partial charge in [-0.1, -0.05) is 60.7 Å². The van der Waals surface area contributed by atoms with Crippen molar-refractivity contribution in [2.24, 2.45) is 11.1 Å². The average molecular weight is 497 g/mol. The number of hydrogen-bond donors (Lipinski definition) is 2. The number of carbonyl (C=O) groups excluding carboxylic acids is 2. The van der Waals surface area contributed by atoms with Crippen molar-refractivity contribution >= 4 is 17.4 Å². The van der Waals surface area contributed by atoms with Gasteiger partial charge >= 0.3 is 0 Å². The van der Waals surface area contributed by atoms with E-state index < -0.39 is 11.3 Å². The quantitative estimate of drug-likeness (QED) is 0.546. The molecule has 1 saturated heterocycles. The number of aromatic nitrogens is 3. The zero-order chi connectivity index (χ0) is 26.0. The molecule has 1 aliphatic carbocycles. The van der Waals surface area contributed by atoms with E-state index in [0.717, 1.165) is 28.9 Å². The smallest absolute Gasteiger partial charge is 0.288 e. The number of nitrogens with zero attached hydrogens (tertiary/aromatic N) is 4. The Hall–Kier alpha value is -4.04. The standard InChI is InChI=1S/C29H32N6O2/c1-20-19-34(17-16-31-20)28(37)29(14-12-24(13-15-29)23-6-4-3-5-7-23)18-22-8-10-25(11-9-22)35-21(2)32-27(33-35)26(30)36/h3-14,20,31H,15-19H2,1-2H3,(H2,30,36)/t20?,29-/m1/s1. The molecule has 8 heteroatoms. The number of piperazine rings is 1. The Kier molecular flexibility index (Phi) is 6.76. The second-order valence-electron chi connectivity index (χ2n) is 9.93. The van der Waals surface area contributed by atoms with E-state index >= 15 is 0 Å². The first kappa shape index (κ1) is 24.6. The van der Waals surface area contributed by atoms with Gasteiger partial charge in [0.25, 0.3) is 5.91 Å². The van der Waals surface area contributed by atoms with Crippen LogP contribution in [-0.2, 0) is 11.2 Å². The van der Waals surface area contributed by atoms with Crippen LogP contribution in [0.2, 0.25) is 0 Å². The fraction of sp³-hybridized carbons (Fsp3) is 0.310.